The summed E-state index contributed by atoms with van der Waals surface area (Å²) in [4.78, 5) is 34.2. The number of rotatable bonds is 5. The van der Waals surface area contributed by atoms with Crippen LogP contribution in [0, 0.1) is 26.1 Å². The zero-order valence-electron chi connectivity index (χ0n) is 15.3. The van der Waals surface area contributed by atoms with Gasteiger partial charge in [-0.1, -0.05) is 24.3 Å². The van der Waals surface area contributed by atoms with Gasteiger partial charge in [-0.2, -0.15) is 0 Å². The first kappa shape index (κ1) is 20.4. The van der Waals surface area contributed by atoms with Crippen LogP contribution in [-0.2, 0) is 4.79 Å². The largest absolute Gasteiger partial charge is 0.480 e. The highest BCUT2D eigenvalue weighted by molar-refractivity contribution is 8.00. The van der Waals surface area contributed by atoms with Crippen molar-refractivity contribution in [3.8, 4) is 0 Å². The standard InChI is InChI=1S/C19H16ClN3O6S/c20-16-14(30-13-7-2-1-5-11(13)22(26)27)8-10-15(16)9-4-3-6-12(23(28)29)17(9)21-18(10)19(24)25/h1-7,10,14-16,18,21H,8H2,(H,24,25)/t10-,14+,15+,16+,18-/m1/s1. The number of hydrogen-bond donors (Lipinski definition) is 2. The van der Waals surface area contributed by atoms with Crippen molar-refractivity contribution in [3.05, 3.63) is 68.3 Å². The quantitative estimate of drug-likeness (QED) is 0.392. The van der Waals surface area contributed by atoms with E-state index in [0.29, 0.717) is 16.9 Å². The molecule has 0 bridgehead atoms. The van der Waals surface area contributed by atoms with Crippen LogP contribution in [0.5, 0.6) is 0 Å². The molecule has 0 spiro atoms. The predicted octanol–water partition coefficient (Wildman–Crippen LogP) is 4.25. The number of halogens is 1. The molecule has 0 saturated heterocycles. The topological polar surface area (TPSA) is 136 Å². The smallest absolute Gasteiger partial charge is 0.326 e. The SMILES string of the molecule is O=C(O)[C@@H]1Nc2c(cccc2[N+](=O)[O-])[C@@H]2[C@@H](Cl)[C@@H](Sc3ccccc3[N+](=O)[O-])C[C@H]21. The molecule has 2 N–H and O–H groups in total. The summed E-state index contributed by atoms with van der Waals surface area (Å²) in [7, 11) is 0. The predicted molar refractivity (Wildman–Crippen MR) is 111 cm³/mol. The van der Waals surface area contributed by atoms with Gasteiger partial charge in [-0.15, -0.1) is 23.4 Å². The number of carboxylic acids is 1. The van der Waals surface area contributed by atoms with Gasteiger partial charge in [0.1, 0.15) is 11.7 Å². The molecule has 2 aromatic rings. The number of alkyl halides is 1. The monoisotopic (exact) mass is 449 g/mol. The first-order chi connectivity index (χ1) is 14.3. The maximum atomic E-state index is 11.9. The number of aliphatic carboxylic acids is 1. The summed E-state index contributed by atoms with van der Waals surface area (Å²) < 4.78 is 0. The molecular formula is C19H16ClN3O6S. The summed E-state index contributed by atoms with van der Waals surface area (Å²) in [6, 6.07) is 9.88. The minimum atomic E-state index is -1.12. The van der Waals surface area contributed by atoms with Crippen LogP contribution in [0.4, 0.5) is 17.1 Å². The molecule has 1 aliphatic heterocycles. The normalized spacial score (nSPS) is 26.9. The highest BCUT2D eigenvalue weighted by Crippen LogP contribution is 2.56. The number of para-hydroxylation sites is 2. The number of benzene rings is 2. The Kier molecular flexibility index (Phi) is 5.29. The Morgan fingerprint density at radius 3 is 2.43 bits per heavy atom. The number of thioether (sulfide) groups is 1. The molecule has 11 heteroatoms. The lowest BCUT2D eigenvalue weighted by molar-refractivity contribution is -0.387. The summed E-state index contributed by atoms with van der Waals surface area (Å²) in [6.07, 6.45) is 0.404. The molecule has 0 radical (unpaired) electrons. The Bertz CT molecular complexity index is 1050. The van der Waals surface area contributed by atoms with Crippen molar-refractivity contribution < 1.29 is 19.7 Å². The van der Waals surface area contributed by atoms with Gasteiger partial charge in [0.05, 0.1) is 20.1 Å². The number of anilines is 1. The molecule has 2 aliphatic rings. The second-order valence-corrected chi connectivity index (χ2v) is 8.99. The molecule has 0 amide bonds. The Labute approximate surface area is 179 Å². The maximum absolute atomic E-state index is 11.9. The van der Waals surface area contributed by atoms with E-state index in [4.69, 9.17) is 11.6 Å². The number of fused-ring (bicyclic) bond motifs is 3. The van der Waals surface area contributed by atoms with E-state index in [2.05, 4.69) is 5.32 Å². The number of carbonyl (C=O) groups is 1. The number of nitrogens with zero attached hydrogens (tertiary/aromatic N) is 2. The number of carboxylic acid groups (broad SMARTS) is 1. The molecule has 2 aromatic carbocycles. The van der Waals surface area contributed by atoms with Gasteiger partial charge in [0, 0.05) is 23.3 Å². The van der Waals surface area contributed by atoms with Gasteiger partial charge in [0.25, 0.3) is 11.4 Å². The number of hydrogen-bond acceptors (Lipinski definition) is 7. The van der Waals surface area contributed by atoms with Crippen LogP contribution in [0.3, 0.4) is 0 Å². The molecule has 4 rings (SSSR count). The van der Waals surface area contributed by atoms with Crippen LogP contribution in [0.15, 0.2) is 47.4 Å². The van der Waals surface area contributed by atoms with Gasteiger partial charge in [0.2, 0.25) is 0 Å². The van der Waals surface area contributed by atoms with Crippen LogP contribution in [0.25, 0.3) is 0 Å². The van der Waals surface area contributed by atoms with Crippen LogP contribution >= 0.6 is 23.4 Å². The van der Waals surface area contributed by atoms with E-state index < -0.39 is 39.1 Å². The van der Waals surface area contributed by atoms with Gasteiger partial charge in [-0.25, -0.2) is 4.79 Å². The first-order valence-electron chi connectivity index (χ1n) is 9.10. The third-order valence-corrected chi connectivity index (χ3v) is 7.74. The summed E-state index contributed by atoms with van der Waals surface area (Å²) in [5.41, 5.74) is 0.552. The molecule has 1 fully saturated rings. The summed E-state index contributed by atoms with van der Waals surface area (Å²) >= 11 is 8.03. The Hall–Kier alpha value is -2.85. The molecule has 30 heavy (non-hydrogen) atoms. The summed E-state index contributed by atoms with van der Waals surface area (Å²) in [6.45, 7) is 0. The fraction of sp³-hybridized carbons (Fsp3) is 0.316. The van der Waals surface area contributed by atoms with Crippen molar-refractivity contribution in [1.82, 2.24) is 0 Å². The van der Waals surface area contributed by atoms with E-state index in [-0.39, 0.29) is 22.3 Å². The number of nitrogens with one attached hydrogen (secondary N) is 1. The molecule has 0 unspecified atom stereocenters. The minimum absolute atomic E-state index is 0.0369. The van der Waals surface area contributed by atoms with Gasteiger partial charge >= 0.3 is 5.97 Å². The van der Waals surface area contributed by atoms with Crippen molar-refractivity contribution >= 4 is 46.4 Å². The maximum Gasteiger partial charge on any atom is 0.326 e. The van der Waals surface area contributed by atoms with Gasteiger partial charge in [0.15, 0.2) is 0 Å². The molecule has 156 valence electrons. The fourth-order valence-corrected chi connectivity index (χ4v) is 6.34. The summed E-state index contributed by atoms with van der Waals surface area (Å²) in [5, 5.41) is 34.5. The minimum Gasteiger partial charge on any atom is -0.480 e. The Morgan fingerprint density at radius 1 is 1.10 bits per heavy atom. The fourth-order valence-electron chi connectivity index (χ4n) is 4.39. The third-order valence-electron chi connectivity index (χ3n) is 5.63. The molecule has 1 saturated carbocycles. The van der Waals surface area contributed by atoms with Gasteiger partial charge < -0.3 is 10.4 Å². The average molecular weight is 450 g/mol. The lowest BCUT2D eigenvalue weighted by atomic mass is 9.79. The van der Waals surface area contributed by atoms with E-state index in [1.54, 1.807) is 30.3 Å². The van der Waals surface area contributed by atoms with Crippen LogP contribution in [-0.4, -0.2) is 37.6 Å². The number of nitro groups is 2. The molecular weight excluding hydrogens is 434 g/mol. The highest BCUT2D eigenvalue weighted by atomic mass is 35.5. The van der Waals surface area contributed by atoms with E-state index in [1.807, 2.05) is 0 Å². The zero-order valence-corrected chi connectivity index (χ0v) is 16.9. The average Bonchev–Trinajstić information content (AvgIpc) is 3.03. The highest BCUT2D eigenvalue weighted by Gasteiger charge is 2.53. The lowest BCUT2D eigenvalue weighted by Crippen LogP contribution is -2.42. The second-order valence-electron chi connectivity index (χ2n) is 7.21. The summed E-state index contributed by atoms with van der Waals surface area (Å²) in [5.74, 6) is -1.95. The molecule has 0 aromatic heterocycles. The molecule has 1 heterocycles. The second kappa shape index (κ2) is 7.77. The van der Waals surface area contributed by atoms with Gasteiger partial charge in [-0.05, 0) is 24.0 Å². The van der Waals surface area contributed by atoms with E-state index >= 15 is 0 Å². The number of nitro benzene ring substituents is 2. The van der Waals surface area contributed by atoms with Crippen molar-refractivity contribution in [2.24, 2.45) is 5.92 Å². The van der Waals surface area contributed by atoms with Crippen molar-refractivity contribution in [3.63, 3.8) is 0 Å². The van der Waals surface area contributed by atoms with E-state index in [0.717, 1.165) is 0 Å². The van der Waals surface area contributed by atoms with Crippen molar-refractivity contribution in [2.45, 2.75) is 33.9 Å². The Morgan fingerprint density at radius 2 is 1.77 bits per heavy atom. The van der Waals surface area contributed by atoms with Crippen molar-refractivity contribution in [1.29, 1.82) is 0 Å². The third kappa shape index (κ3) is 3.35. The molecule has 5 atom stereocenters. The van der Waals surface area contributed by atoms with Crippen LogP contribution in [0.2, 0.25) is 0 Å². The van der Waals surface area contributed by atoms with E-state index in [9.17, 15) is 30.1 Å². The van der Waals surface area contributed by atoms with Crippen LogP contribution < -0.4 is 5.32 Å². The first-order valence-corrected chi connectivity index (χ1v) is 10.4. The van der Waals surface area contributed by atoms with Crippen molar-refractivity contribution in [2.75, 3.05) is 5.32 Å². The van der Waals surface area contributed by atoms with Gasteiger partial charge in [-0.3, -0.25) is 20.2 Å². The molecule has 1 aliphatic carbocycles. The zero-order chi connectivity index (χ0) is 21.6. The lowest BCUT2D eigenvalue weighted by Gasteiger charge is -2.35. The molecule has 9 nitrogen and oxygen atoms in total. The van der Waals surface area contributed by atoms with Crippen LogP contribution in [0.1, 0.15) is 17.9 Å². The Balaban J connectivity index is 1.73. The van der Waals surface area contributed by atoms with E-state index in [1.165, 1.54) is 23.9 Å².